The molecular weight excluding hydrogens is 969 g/mol. The van der Waals surface area contributed by atoms with Crippen molar-refractivity contribution in [2.45, 2.75) is 167 Å². The molecule has 2 bridgehead atoms. The molecule has 0 aromatic heterocycles. The Balaban J connectivity index is 1.05. The number of anilines is 1. The Morgan fingerprint density at radius 3 is 2.13 bits per heavy atom. The van der Waals surface area contributed by atoms with Crippen LogP contribution < -0.4 is 21.3 Å². The standard InChI is InChI=1S/C58H84N8O10/c1-10-37(4)52(64(7)58(74)51(36(2)3)62-57(73)53-41-24-27-43(33-41)63(53)6)46(75-8)34-50(70)65-31-17-20-45(65)54(76-9)38(5)55(71)61-44(32-39-18-13-11-14-19-39)56(72)60-42-25-22-40(23-26-42)35-59-47(67)21-15-12-16-30-66-48(68)28-29-49(66)69/h11,13-14,18-19,22-23,25-26,28-29,36-38,41,43-46,51-54H,10,12,15-17,20-21,24,27,30-35H2,1-9H3,(H,59,67)(H,60,72)(H,61,71)(H,62,73)/t37-,38+,41-,43-,44-,45-,46+,51-,52-,53-,54+/m0/s1. The van der Waals surface area contributed by atoms with Crippen molar-refractivity contribution in [3.05, 3.63) is 77.9 Å². The maximum absolute atomic E-state index is 14.5. The van der Waals surface area contributed by atoms with E-state index in [4.69, 9.17) is 9.47 Å². The smallest absolute Gasteiger partial charge is 0.253 e. The van der Waals surface area contributed by atoms with Gasteiger partial charge in [-0.1, -0.05) is 89.9 Å². The molecule has 2 saturated heterocycles. The van der Waals surface area contributed by atoms with Gasteiger partial charge in [-0.15, -0.1) is 0 Å². The van der Waals surface area contributed by atoms with E-state index in [2.05, 4.69) is 26.2 Å². The number of fused-ring (bicyclic) bond motifs is 2. The molecule has 8 amide bonds. The number of hydrogen-bond donors (Lipinski definition) is 4. The number of carbonyl (C=O) groups is 8. The number of hydrogen-bond acceptors (Lipinski definition) is 11. The van der Waals surface area contributed by atoms with Crippen molar-refractivity contribution >= 4 is 52.9 Å². The summed E-state index contributed by atoms with van der Waals surface area (Å²) in [5, 5.41) is 12.0. The molecule has 1 saturated carbocycles. The number of imide groups is 1. The molecule has 11 atom stereocenters. The number of rotatable bonds is 28. The van der Waals surface area contributed by atoms with Crippen LogP contribution in [0.15, 0.2) is 66.7 Å². The minimum Gasteiger partial charge on any atom is -0.379 e. The highest BCUT2D eigenvalue weighted by Crippen LogP contribution is 2.41. The van der Waals surface area contributed by atoms with Gasteiger partial charge in [-0.3, -0.25) is 48.2 Å². The minimum absolute atomic E-state index is 0.0189. The number of likely N-dealkylation sites (N-methyl/N-ethyl adjacent to an activating group) is 2. The van der Waals surface area contributed by atoms with E-state index in [1.807, 2.05) is 65.1 Å². The van der Waals surface area contributed by atoms with Crippen molar-refractivity contribution < 1.29 is 47.8 Å². The SMILES string of the molecule is CC[C@H](C)[C@@H]([C@@H](CC(=O)N1CCC[C@H]1[C@H](OC)[C@@H](C)C(=O)N[C@@H](Cc1ccccc1)C(=O)Nc1ccc(CNC(=O)CCCCCN2C(=O)C=CC2=O)cc1)OC)N(C)C(=O)[C@@H](NC(=O)[C@@H]1[C@H]2CC[C@@H](C2)N1C)C(C)C. The Morgan fingerprint density at radius 1 is 0.816 bits per heavy atom. The maximum Gasteiger partial charge on any atom is 0.253 e. The van der Waals surface area contributed by atoms with Crippen LogP contribution in [0.5, 0.6) is 0 Å². The maximum atomic E-state index is 14.5. The van der Waals surface area contributed by atoms with E-state index in [1.54, 1.807) is 55.1 Å². The summed E-state index contributed by atoms with van der Waals surface area (Å²) >= 11 is 0. The molecule has 3 fully saturated rings. The van der Waals surface area contributed by atoms with Crippen molar-refractivity contribution in [1.82, 2.24) is 35.6 Å². The third-order valence-corrected chi connectivity index (χ3v) is 16.5. The molecule has 2 aromatic rings. The molecule has 6 rings (SSSR count). The molecule has 416 valence electrons. The molecule has 0 spiro atoms. The predicted molar refractivity (Wildman–Crippen MR) is 289 cm³/mol. The van der Waals surface area contributed by atoms with Gasteiger partial charge in [0.15, 0.2) is 0 Å². The summed E-state index contributed by atoms with van der Waals surface area (Å²) in [5.41, 5.74) is 2.17. The molecular formula is C58H84N8O10. The zero-order valence-corrected chi connectivity index (χ0v) is 46.3. The van der Waals surface area contributed by atoms with Gasteiger partial charge < -0.3 is 40.5 Å². The fourth-order valence-corrected chi connectivity index (χ4v) is 11.9. The Morgan fingerprint density at radius 2 is 1.51 bits per heavy atom. The van der Waals surface area contributed by atoms with Gasteiger partial charge in [-0.2, -0.15) is 0 Å². The van der Waals surface area contributed by atoms with Crippen LogP contribution in [0.4, 0.5) is 5.69 Å². The molecule has 0 radical (unpaired) electrons. The molecule has 3 aliphatic heterocycles. The van der Waals surface area contributed by atoms with Crippen LogP contribution in [0.25, 0.3) is 0 Å². The van der Waals surface area contributed by atoms with Gasteiger partial charge in [-0.05, 0) is 93.0 Å². The Bertz CT molecular complexity index is 2340. The largest absolute Gasteiger partial charge is 0.379 e. The second kappa shape index (κ2) is 27.9. The minimum atomic E-state index is -0.967. The lowest BCUT2D eigenvalue weighted by Crippen LogP contribution is -2.60. The Hall–Kier alpha value is -5.98. The highest BCUT2D eigenvalue weighted by molar-refractivity contribution is 6.12. The van der Waals surface area contributed by atoms with E-state index in [1.165, 1.54) is 24.2 Å². The van der Waals surface area contributed by atoms with Gasteiger partial charge in [0.2, 0.25) is 35.4 Å². The van der Waals surface area contributed by atoms with Gasteiger partial charge in [-0.25, -0.2) is 0 Å². The molecule has 4 aliphatic rings. The monoisotopic (exact) mass is 1050 g/mol. The lowest BCUT2D eigenvalue weighted by Gasteiger charge is -2.41. The molecule has 1 aliphatic carbocycles. The second-order valence-electron chi connectivity index (χ2n) is 21.8. The van der Waals surface area contributed by atoms with Gasteiger partial charge >= 0.3 is 0 Å². The first kappa shape index (κ1) is 59.3. The third-order valence-electron chi connectivity index (χ3n) is 16.5. The zero-order chi connectivity index (χ0) is 55.2. The second-order valence-corrected chi connectivity index (χ2v) is 21.8. The fraction of sp³-hybridized carbons (Fsp3) is 0.621. The van der Waals surface area contributed by atoms with Crippen LogP contribution in [0, 0.1) is 23.7 Å². The lowest BCUT2D eigenvalue weighted by molar-refractivity contribution is -0.148. The van der Waals surface area contributed by atoms with Crippen LogP contribution in [0.2, 0.25) is 0 Å². The van der Waals surface area contributed by atoms with E-state index >= 15 is 0 Å². The van der Waals surface area contributed by atoms with Crippen molar-refractivity contribution in [3.8, 4) is 0 Å². The number of amides is 8. The quantitative estimate of drug-likeness (QED) is 0.0658. The Kier molecular flexibility index (Phi) is 21.7. The van der Waals surface area contributed by atoms with Crippen molar-refractivity contribution in [2.75, 3.05) is 46.7 Å². The van der Waals surface area contributed by atoms with Crippen molar-refractivity contribution in [1.29, 1.82) is 0 Å². The lowest BCUT2D eigenvalue weighted by atomic mass is 9.89. The first-order chi connectivity index (χ1) is 36.4. The molecule has 76 heavy (non-hydrogen) atoms. The van der Waals surface area contributed by atoms with E-state index in [0.29, 0.717) is 69.8 Å². The van der Waals surface area contributed by atoms with Gasteiger partial charge in [0.05, 0.1) is 42.7 Å². The van der Waals surface area contributed by atoms with Gasteiger partial charge in [0.1, 0.15) is 12.1 Å². The number of unbranched alkanes of at least 4 members (excludes halogenated alkanes) is 2. The van der Waals surface area contributed by atoms with Gasteiger partial charge in [0, 0.05) is 77.6 Å². The number of nitrogens with zero attached hydrogens (tertiary/aromatic N) is 4. The summed E-state index contributed by atoms with van der Waals surface area (Å²) in [4.78, 5) is 114. The van der Waals surface area contributed by atoms with Crippen LogP contribution in [-0.2, 0) is 60.8 Å². The predicted octanol–water partition coefficient (Wildman–Crippen LogP) is 5.00. The molecule has 18 nitrogen and oxygen atoms in total. The molecule has 2 aromatic carbocycles. The molecule has 18 heteroatoms. The topological polar surface area (TPSA) is 216 Å². The van der Waals surface area contributed by atoms with E-state index < -0.39 is 54.1 Å². The number of ether oxygens (including phenoxy) is 2. The summed E-state index contributed by atoms with van der Waals surface area (Å²) in [6.07, 6.45) is 8.69. The number of likely N-dealkylation sites (tertiary alicyclic amines) is 2. The summed E-state index contributed by atoms with van der Waals surface area (Å²) in [7, 11) is 6.83. The Labute approximate surface area is 449 Å². The van der Waals surface area contributed by atoms with Crippen LogP contribution in [0.1, 0.15) is 116 Å². The average Bonchev–Trinajstić information content (AvgIpc) is 4.23. The number of carbonyl (C=O) groups excluding carboxylic acids is 8. The number of piperidine rings is 1. The summed E-state index contributed by atoms with van der Waals surface area (Å²) in [5.74, 6) is -2.82. The molecule has 0 unspecified atom stereocenters. The van der Waals surface area contributed by atoms with E-state index in [9.17, 15) is 38.4 Å². The normalized spacial score (nSPS) is 22.0. The molecule has 3 heterocycles. The van der Waals surface area contributed by atoms with Crippen LogP contribution in [0.3, 0.4) is 0 Å². The van der Waals surface area contributed by atoms with Crippen molar-refractivity contribution in [2.24, 2.45) is 23.7 Å². The summed E-state index contributed by atoms with van der Waals surface area (Å²) < 4.78 is 12.2. The average molecular weight is 1050 g/mol. The van der Waals surface area contributed by atoms with E-state index in [-0.39, 0.29) is 78.6 Å². The summed E-state index contributed by atoms with van der Waals surface area (Å²) in [6, 6.07) is 14.0. The fourth-order valence-electron chi connectivity index (χ4n) is 11.9. The number of benzene rings is 2. The zero-order valence-electron chi connectivity index (χ0n) is 46.3. The highest BCUT2D eigenvalue weighted by Gasteiger charge is 2.49. The first-order valence-corrected chi connectivity index (χ1v) is 27.6. The third kappa shape index (κ3) is 14.9. The first-order valence-electron chi connectivity index (χ1n) is 27.6. The van der Waals surface area contributed by atoms with Gasteiger partial charge in [0.25, 0.3) is 11.8 Å². The van der Waals surface area contributed by atoms with Crippen LogP contribution in [-0.4, -0.2) is 157 Å². The van der Waals surface area contributed by atoms with Crippen LogP contribution >= 0.6 is 0 Å². The number of nitrogens with one attached hydrogen (secondary N) is 4. The highest BCUT2D eigenvalue weighted by atomic mass is 16.5. The summed E-state index contributed by atoms with van der Waals surface area (Å²) in [6.45, 7) is 10.8. The van der Waals surface area contributed by atoms with Crippen molar-refractivity contribution in [3.63, 3.8) is 0 Å². The number of methoxy groups -OCH3 is 2. The van der Waals surface area contributed by atoms with E-state index in [0.717, 1.165) is 30.4 Å². The molecule has 4 N–H and O–H groups in total.